The molecule has 3 rings (SSSR count). The number of hydrogen-bond acceptors (Lipinski definition) is 3. The van der Waals surface area contributed by atoms with Gasteiger partial charge in [-0.25, -0.2) is 4.68 Å². The standard InChI is InChI=1S/C18H17N3O/c1-15-7-5-6-10-18(15)22-14-17-13-21(20-19-17)12-11-16-8-3-2-4-9-16/h2-13H,14H2,1H3/b12-11+. The molecule has 0 radical (unpaired) electrons. The maximum absolute atomic E-state index is 5.76. The van der Waals surface area contributed by atoms with Crippen molar-refractivity contribution in [3.05, 3.63) is 77.6 Å². The number of rotatable bonds is 5. The van der Waals surface area contributed by atoms with E-state index in [2.05, 4.69) is 10.3 Å². The van der Waals surface area contributed by atoms with Crippen LogP contribution in [-0.2, 0) is 6.61 Å². The molecule has 3 aromatic rings. The van der Waals surface area contributed by atoms with Gasteiger partial charge in [-0.05, 0) is 30.2 Å². The predicted octanol–water partition coefficient (Wildman–Crippen LogP) is 3.79. The van der Waals surface area contributed by atoms with Crippen molar-refractivity contribution >= 4 is 12.3 Å². The molecule has 0 aliphatic rings. The van der Waals surface area contributed by atoms with Gasteiger partial charge < -0.3 is 4.74 Å². The Bertz CT molecular complexity index is 763. The van der Waals surface area contributed by atoms with Crippen LogP contribution in [0.1, 0.15) is 16.8 Å². The summed E-state index contributed by atoms with van der Waals surface area (Å²) >= 11 is 0. The molecule has 0 spiro atoms. The fourth-order valence-electron chi connectivity index (χ4n) is 2.05. The first-order valence-corrected chi connectivity index (χ1v) is 7.14. The number of aryl methyl sites for hydroxylation is 1. The first-order valence-electron chi connectivity index (χ1n) is 7.14. The minimum absolute atomic E-state index is 0.407. The van der Waals surface area contributed by atoms with Gasteiger partial charge in [0.2, 0.25) is 0 Å². The monoisotopic (exact) mass is 291 g/mol. The summed E-state index contributed by atoms with van der Waals surface area (Å²) in [5.41, 5.74) is 3.02. The Morgan fingerprint density at radius 1 is 1.05 bits per heavy atom. The lowest BCUT2D eigenvalue weighted by Gasteiger charge is -2.06. The van der Waals surface area contributed by atoms with Gasteiger partial charge in [0.05, 0.1) is 6.20 Å². The predicted molar refractivity (Wildman–Crippen MR) is 87.2 cm³/mol. The molecule has 0 saturated carbocycles. The molecule has 0 N–H and O–H groups in total. The van der Waals surface area contributed by atoms with Crippen LogP contribution in [-0.4, -0.2) is 15.0 Å². The van der Waals surface area contributed by atoms with Crippen LogP contribution < -0.4 is 4.74 Å². The molecule has 0 aliphatic heterocycles. The van der Waals surface area contributed by atoms with E-state index < -0.39 is 0 Å². The molecule has 110 valence electrons. The smallest absolute Gasteiger partial charge is 0.134 e. The highest BCUT2D eigenvalue weighted by molar-refractivity contribution is 5.59. The van der Waals surface area contributed by atoms with Crippen LogP contribution in [0.5, 0.6) is 5.75 Å². The van der Waals surface area contributed by atoms with Gasteiger partial charge in [0.25, 0.3) is 0 Å². The molecule has 4 nitrogen and oxygen atoms in total. The van der Waals surface area contributed by atoms with Crippen LogP contribution in [0.15, 0.2) is 60.8 Å². The SMILES string of the molecule is Cc1ccccc1OCc1cn(/C=C/c2ccccc2)nn1. The van der Waals surface area contributed by atoms with Gasteiger partial charge >= 0.3 is 0 Å². The number of para-hydroxylation sites is 1. The third-order valence-electron chi connectivity index (χ3n) is 3.25. The maximum atomic E-state index is 5.76. The van der Waals surface area contributed by atoms with Gasteiger partial charge in [-0.1, -0.05) is 53.7 Å². The van der Waals surface area contributed by atoms with Crippen LogP contribution in [0, 0.1) is 6.92 Å². The summed E-state index contributed by atoms with van der Waals surface area (Å²) in [5, 5.41) is 8.18. The minimum atomic E-state index is 0.407. The van der Waals surface area contributed by atoms with Crippen molar-refractivity contribution in [1.29, 1.82) is 0 Å². The topological polar surface area (TPSA) is 39.9 Å². The Morgan fingerprint density at radius 2 is 1.82 bits per heavy atom. The zero-order chi connectivity index (χ0) is 15.2. The highest BCUT2D eigenvalue weighted by Crippen LogP contribution is 2.17. The first-order chi connectivity index (χ1) is 10.8. The lowest BCUT2D eigenvalue weighted by atomic mass is 10.2. The fraction of sp³-hybridized carbons (Fsp3) is 0.111. The highest BCUT2D eigenvalue weighted by atomic mass is 16.5. The second-order valence-electron chi connectivity index (χ2n) is 4.97. The normalized spacial score (nSPS) is 11.0. The Kier molecular flexibility index (Phi) is 4.30. The summed E-state index contributed by atoms with van der Waals surface area (Å²) in [7, 11) is 0. The molecule has 0 atom stereocenters. The van der Waals surface area contributed by atoms with Crippen molar-refractivity contribution in [1.82, 2.24) is 15.0 Å². The summed E-state index contributed by atoms with van der Waals surface area (Å²) in [4.78, 5) is 0. The lowest BCUT2D eigenvalue weighted by molar-refractivity contribution is 0.299. The average molecular weight is 291 g/mol. The van der Waals surface area contributed by atoms with E-state index in [4.69, 9.17) is 4.74 Å². The number of hydrogen-bond donors (Lipinski definition) is 0. The fourth-order valence-corrected chi connectivity index (χ4v) is 2.05. The molecular weight excluding hydrogens is 274 g/mol. The summed E-state index contributed by atoms with van der Waals surface area (Å²) in [5.74, 6) is 0.872. The maximum Gasteiger partial charge on any atom is 0.134 e. The zero-order valence-corrected chi connectivity index (χ0v) is 12.4. The third kappa shape index (κ3) is 3.61. The van der Waals surface area contributed by atoms with Crippen molar-refractivity contribution in [2.75, 3.05) is 0 Å². The van der Waals surface area contributed by atoms with Crippen LogP contribution >= 0.6 is 0 Å². The van der Waals surface area contributed by atoms with Crippen LogP contribution in [0.3, 0.4) is 0 Å². The zero-order valence-electron chi connectivity index (χ0n) is 12.4. The van der Waals surface area contributed by atoms with E-state index >= 15 is 0 Å². The molecule has 1 heterocycles. The molecular formula is C18H17N3O. The number of aromatic nitrogens is 3. The van der Waals surface area contributed by atoms with E-state index in [0.717, 1.165) is 22.6 Å². The van der Waals surface area contributed by atoms with E-state index in [0.29, 0.717) is 6.61 Å². The van der Waals surface area contributed by atoms with Crippen molar-refractivity contribution in [2.24, 2.45) is 0 Å². The number of ether oxygens (including phenoxy) is 1. The van der Waals surface area contributed by atoms with Crippen LogP contribution in [0.25, 0.3) is 12.3 Å². The molecule has 4 heteroatoms. The van der Waals surface area contributed by atoms with E-state index in [-0.39, 0.29) is 0 Å². The molecule has 22 heavy (non-hydrogen) atoms. The lowest BCUT2D eigenvalue weighted by Crippen LogP contribution is -1.97. The Balaban J connectivity index is 1.62. The van der Waals surface area contributed by atoms with Gasteiger partial charge in [-0.2, -0.15) is 0 Å². The molecule has 0 fully saturated rings. The summed E-state index contributed by atoms with van der Waals surface area (Å²) < 4.78 is 7.44. The van der Waals surface area contributed by atoms with E-state index in [1.54, 1.807) is 4.68 Å². The molecule has 0 unspecified atom stereocenters. The second kappa shape index (κ2) is 6.72. The molecule has 1 aromatic heterocycles. The van der Waals surface area contributed by atoms with E-state index in [9.17, 15) is 0 Å². The Hall–Kier alpha value is -2.88. The molecule has 0 bridgehead atoms. The van der Waals surface area contributed by atoms with Crippen LogP contribution in [0.4, 0.5) is 0 Å². The van der Waals surface area contributed by atoms with Crippen molar-refractivity contribution in [3.63, 3.8) is 0 Å². The molecule has 2 aromatic carbocycles. The first kappa shape index (κ1) is 14.1. The molecule has 0 saturated heterocycles. The van der Waals surface area contributed by atoms with Crippen molar-refractivity contribution < 1.29 is 4.74 Å². The molecule has 0 amide bonds. The highest BCUT2D eigenvalue weighted by Gasteiger charge is 2.02. The Labute approximate surface area is 129 Å². The van der Waals surface area contributed by atoms with Gasteiger partial charge in [0, 0.05) is 6.20 Å². The number of nitrogens with zero attached hydrogens (tertiary/aromatic N) is 3. The number of benzene rings is 2. The van der Waals surface area contributed by atoms with Gasteiger partial charge in [-0.15, -0.1) is 5.10 Å². The summed E-state index contributed by atoms with van der Waals surface area (Å²) in [6.45, 7) is 2.43. The Morgan fingerprint density at radius 3 is 2.64 bits per heavy atom. The van der Waals surface area contributed by atoms with Crippen LogP contribution in [0.2, 0.25) is 0 Å². The van der Waals surface area contributed by atoms with Crippen molar-refractivity contribution in [2.45, 2.75) is 13.5 Å². The van der Waals surface area contributed by atoms with Gasteiger partial charge in [-0.3, -0.25) is 0 Å². The quantitative estimate of drug-likeness (QED) is 0.718. The third-order valence-corrected chi connectivity index (χ3v) is 3.25. The van der Waals surface area contributed by atoms with E-state index in [1.165, 1.54) is 0 Å². The summed E-state index contributed by atoms with van der Waals surface area (Å²) in [6.07, 6.45) is 5.72. The molecule has 0 aliphatic carbocycles. The largest absolute Gasteiger partial charge is 0.487 e. The van der Waals surface area contributed by atoms with Crippen molar-refractivity contribution in [3.8, 4) is 5.75 Å². The summed E-state index contributed by atoms with van der Waals surface area (Å²) in [6, 6.07) is 18.0. The second-order valence-corrected chi connectivity index (χ2v) is 4.97. The van der Waals surface area contributed by atoms with E-state index in [1.807, 2.05) is 80.0 Å². The average Bonchev–Trinajstić information content (AvgIpc) is 3.01. The minimum Gasteiger partial charge on any atom is -0.487 e. The van der Waals surface area contributed by atoms with Gasteiger partial charge in [0.15, 0.2) is 0 Å². The van der Waals surface area contributed by atoms with Gasteiger partial charge in [0.1, 0.15) is 18.1 Å².